The summed E-state index contributed by atoms with van der Waals surface area (Å²) in [7, 11) is 2.02. The van der Waals surface area contributed by atoms with E-state index in [0.717, 1.165) is 17.9 Å². The molecule has 0 N–H and O–H groups in total. The van der Waals surface area contributed by atoms with Crippen LogP contribution in [-0.4, -0.2) is 23.6 Å². The van der Waals surface area contributed by atoms with Crippen LogP contribution in [0, 0.1) is 12.8 Å². The van der Waals surface area contributed by atoms with Crippen molar-refractivity contribution >= 4 is 17.4 Å². The van der Waals surface area contributed by atoms with Crippen LogP contribution in [0.2, 0.25) is 5.28 Å². The molecule has 1 aromatic rings. The number of nitrogens with zero attached hydrogens (tertiary/aromatic N) is 3. The van der Waals surface area contributed by atoms with E-state index in [1.165, 1.54) is 0 Å². The highest BCUT2D eigenvalue weighted by Gasteiger charge is 2.08. The number of anilines is 1. The monoisotopic (exact) mass is 213 g/mol. The predicted octanol–water partition coefficient (Wildman–Crippen LogP) is 2.53. The second kappa shape index (κ2) is 4.60. The number of rotatable bonds is 3. The predicted molar refractivity (Wildman–Crippen MR) is 59.9 cm³/mol. The minimum atomic E-state index is 0.307. The molecule has 0 saturated carbocycles. The van der Waals surface area contributed by atoms with Crippen molar-refractivity contribution in [2.75, 3.05) is 18.5 Å². The van der Waals surface area contributed by atoms with Crippen molar-refractivity contribution in [1.82, 2.24) is 9.97 Å². The Morgan fingerprint density at radius 2 is 2.14 bits per heavy atom. The van der Waals surface area contributed by atoms with Gasteiger partial charge in [-0.2, -0.15) is 0 Å². The Bertz CT molecular complexity index is 312. The quantitative estimate of drug-likeness (QED) is 0.723. The first kappa shape index (κ1) is 11.2. The van der Waals surface area contributed by atoms with Crippen molar-refractivity contribution in [1.29, 1.82) is 0 Å². The third-order valence-corrected chi connectivity index (χ3v) is 2.10. The highest BCUT2D eigenvalue weighted by molar-refractivity contribution is 6.28. The van der Waals surface area contributed by atoms with Crippen LogP contribution in [0.5, 0.6) is 0 Å². The van der Waals surface area contributed by atoms with Gasteiger partial charge < -0.3 is 4.90 Å². The highest BCUT2D eigenvalue weighted by Crippen LogP contribution is 2.17. The van der Waals surface area contributed by atoms with E-state index in [9.17, 15) is 0 Å². The van der Waals surface area contributed by atoms with Gasteiger partial charge in [0.25, 0.3) is 0 Å². The first-order valence-electron chi connectivity index (χ1n) is 4.71. The maximum atomic E-state index is 5.75. The van der Waals surface area contributed by atoms with Gasteiger partial charge in [0.05, 0.1) is 0 Å². The second-order valence-corrected chi connectivity index (χ2v) is 4.26. The fourth-order valence-corrected chi connectivity index (χ4v) is 1.56. The molecular weight excluding hydrogens is 198 g/mol. The Labute approximate surface area is 90.1 Å². The van der Waals surface area contributed by atoms with Crippen LogP contribution >= 0.6 is 11.6 Å². The zero-order chi connectivity index (χ0) is 10.7. The van der Waals surface area contributed by atoms with Gasteiger partial charge in [-0.05, 0) is 24.4 Å². The van der Waals surface area contributed by atoms with Crippen molar-refractivity contribution in [3.8, 4) is 0 Å². The maximum Gasteiger partial charge on any atom is 0.224 e. The average molecular weight is 214 g/mol. The molecule has 0 unspecified atom stereocenters. The normalized spacial score (nSPS) is 10.7. The summed E-state index contributed by atoms with van der Waals surface area (Å²) in [5.74, 6) is 1.52. The number of aryl methyl sites for hydroxylation is 1. The lowest BCUT2D eigenvalue weighted by atomic mass is 10.2. The summed E-state index contributed by atoms with van der Waals surface area (Å²) < 4.78 is 0. The molecule has 0 amide bonds. The smallest absolute Gasteiger partial charge is 0.224 e. The van der Waals surface area contributed by atoms with Crippen molar-refractivity contribution in [2.24, 2.45) is 5.92 Å². The zero-order valence-corrected chi connectivity index (χ0v) is 9.84. The van der Waals surface area contributed by atoms with Crippen molar-refractivity contribution in [3.05, 3.63) is 17.0 Å². The number of hydrogen-bond donors (Lipinski definition) is 0. The van der Waals surface area contributed by atoms with Crippen LogP contribution in [0.3, 0.4) is 0 Å². The minimum absolute atomic E-state index is 0.307. The van der Waals surface area contributed by atoms with Gasteiger partial charge in [0.15, 0.2) is 0 Å². The van der Waals surface area contributed by atoms with Gasteiger partial charge in [-0.25, -0.2) is 9.97 Å². The van der Waals surface area contributed by atoms with E-state index in [0.29, 0.717) is 11.2 Å². The SMILES string of the molecule is Cc1cnc(Cl)nc1N(C)CC(C)C. The van der Waals surface area contributed by atoms with E-state index >= 15 is 0 Å². The van der Waals surface area contributed by atoms with Crippen LogP contribution < -0.4 is 4.90 Å². The van der Waals surface area contributed by atoms with Crippen molar-refractivity contribution < 1.29 is 0 Å². The Morgan fingerprint density at radius 1 is 1.50 bits per heavy atom. The van der Waals surface area contributed by atoms with Crippen LogP contribution in [0.25, 0.3) is 0 Å². The molecule has 0 aliphatic rings. The van der Waals surface area contributed by atoms with Crippen molar-refractivity contribution in [2.45, 2.75) is 20.8 Å². The van der Waals surface area contributed by atoms with E-state index < -0.39 is 0 Å². The summed E-state index contributed by atoms with van der Waals surface area (Å²) in [6, 6.07) is 0. The largest absolute Gasteiger partial charge is 0.359 e. The molecule has 4 heteroatoms. The molecule has 0 radical (unpaired) electrons. The van der Waals surface area contributed by atoms with Gasteiger partial charge in [0.2, 0.25) is 5.28 Å². The van der Waals surface area contributed by atoms with Gasteiger partial charge >= 0.3 is 0 Å². The van der Waals surface area contributed by atoms with Crippen LogP contribution in [0.4, 0.5) is 5.82 Å². The fraction of sp³-hybridized carbons (Fsp3) is 0.600. The molecule has 1 heterocycles. The maximum absolute atomic E-state index is 5.75. The third-order valence-electron chi connectivity index (χ3n) is 1.92. The summed E-state index contributed by atoms with van der Waals surface area (Å²) >= 11 is 5.75. The standard InChI is InChI=1S/C10H16ClN3/c1-7(2)6-14(4)9-8(3)5-12-10(11)13-9/h5,7H,6H2,1-4H3. The van der Waals surface area contributed by atoms with Gasteiger partial charge in [0.1, 0.15) is 5.82 Å². The number of aromatic nitrogens is 2. The number of halogens is 1. The molecule has 0 atom stereocenters. The molecule has 0 aliphatic carbocycles. The molecule has 3 nitrogen and oxygen atoms in total. The molecule has 0 bridgehead atoms. The Morgan fingerprint density at radius 3 is 2.71 bits per heavy atom. The highest BCUT2D eigenvalue weighted by atomic mass is 35.5. The zero-order valence-electron chi connectivity index (χ0n) is 9.08. The molecular formula is C10H16ClN3. The van der Waals surface area contributed by atoms with E-state index in [1.54, 1.807) is 6.20 Å². The summed E-state index contributed by atoms with van der Waals surface area (Å²) in [6.45, 7) is 7.31. The molecule has 1 rings (SSSR count). The summed E-state index contributed by atoms with van der Waals surface area (Å²) in [5.41, 5.74) is 1.05. The van der Waals surface area contributed by atoms with Gasteiger partial charge in [-0.3, -0.25) is 0 Å². The molecule has 14 heavy (non-hydrogen) atoms. The molecule has 0 spiro atoms. The lowest BCUT2D eigenvalue weighted by Crippen LogP contribution is -2.24. The van der Waals surface area contributed by atoms with E-state index in [4.69, 9.17) is 11.6 Å². The lowest BCUT2D eigenvalue weighted by molar-refractivity contribution is 0.633. The lowest BCUT2D eigenvalue weighted by Gasteiger charge is -2.21. The van der Waals surface area contributed by atoms with E-state index in [2.05, 4.69) is 28.7 Å². The van der Waals surface area contributed by atoms with Crippen LogP contribution in [0.15, 0.2) is 6.20 Å². The van der Waals surface area contributed by atoms with Gasteiger partial charge in [-0.1, -0.05) is 13.8 Å². The van der Waals surface area contributed by atoms with Crippen LogP contribution in [-0.2, 0) is 0 Å². The van der Waals surface area contributed by atoms with E-state index in [-0.39, 0.29) is 0 Å². The topological polar surface area (TPSA) is 29.0 Å². The molecule has 0 saturated heterocycles. The molecule has 1 aromatic heterocycles. The Kier molecular flexibility index (Phi) is 3.69. The van der Waals surface area contributed by atoms with Crippen LogP contribution in [0.1, 0.15) is 19.4 Å². The molecule has 0 aliphatic heterocycles. The first-order chi connectivity index (χ1) is 6.50. The Hall–Kier alpha value is -0.830. The Balaban J connectivity index is 2.88. The third kappa shape index (κ3) is 2.84. The van der Waals surface area contributed by atoms with E-state index in [1.807, 2.05) is 14.0 Å². The number of hydrogen-bond acceptors (Lipinski definition) is 3. The second-order valence-electron chi connectivity index (χ2n) is 3.92. The molecule has 78 valence electrons. The van der Waals surface area contributed by atoms with Gasteiger partial charge in [-0.15, -0.1) is 0 Å². The summed E-state index contributed by atoms with van der Waals surface area (Å²) in [4.78, 5) is 10.2. The molecule has 0 aromatic carbocycles. The summed E-state index contributed by atoms with van der Waals surface area (Å²) in [5, 5.41) is 0.307. The van der Waals surface area contributed by atoms with Gasteiger partial charge in [0, 0.05) is 25.4 Å². The average Bonchev–Trinajstić information content (AvgIpc) is 2.08. The fourth-order valence-electron chi connectivity index (χ4n) is 1.43. The summed E-state index contributed by atoms with van der Waals surface area (Å²) in [6.07, 6.45) is 1.75. The molecule has 0 fully saturated rings. The minimum Gasteiger partial charge on any atom is -0.359 e. The van der Waals surface area contributed by atoms with Crippen molar-refractivity contribution in [3.63, 3.8) is 0 Å². The first-order valence-corrected chi connectivity index (χ1v) is 5.08.